The van der Waals surface area contributed by atoms with E-state index in [1.807, 2.05) is 30.7 Å². The third kappa shape index (κ3) is 6.14. The van der Waals surface area contributed by atoms with Crippen molar-refractivity contribution in [3.05, 3.63) is 42.0 Å². The van der Waals surface area contributed by atoms with Gasteiger partial charge in [-0.05, 0) is 33.0 Å². The first-order chi connectivity index (χ1) is 19.9. The molecule has 1 N–H and O–H groups in total. The van der Waals surface area contributed by atoms with Crippen LogP contribution < -0.4 is 15.1 Å². The standard InChI is InChI=1S/C28H31F4N7O3/c1-16-14-38(5-4-37(16)3)24-10-22(29)19(18-11-34-27(35-12-18)39-6-7-42-15-17(39)2)8-23(24)36-26(41)20-13-33-25(40)9-21(20)28(30,31)32/h8-13,16-17,20H,4-7,14-15H2,1-3H3,(H,36,41)/t16-,17+,20?/m0/s1. The van der Waals surface area contributed by atoms with Crippen LogP contribution in [0.4, 0.5) is 34.9 Å². The van der Waals surface area contributed by atoms with E-state index in [1.165, 1.54) is 24.5 Å². The molecule has 5 rings (SSSR count). The van der Waals surface area contributed by atoms with Crippen molar-refractivity contribution in [3.63, 3.8) is 0 Å². The van der Waals surface area contributed by atoms with Gasteiger partial charge in [0.1, 0.15) is 11.7 Å². The number of amides is 2. The van der Waals surface area contributed by atoms with Crippen LogP contribution in [-0.2, 0) is 14.3 Å². The molecule has 0 saturated carbocycles. The Labute approximate surface area is 240 Å². The van der Waals surface area contributed by atoms with Gasteiger partial charge in [-0.2, -0.15) is 13.2 Å². The minimum atomic E-state index is -4.93. The molecule has 0 aliphatic carbocycles. The molecule has 3 aliphatic heterocycles. The zero-order valence-corrected chi connectivity index (χ0v) is 23.4. The Morgan fingerprint density at radius 3 is 2.50 bits per heavy atom. The van der Waals surface area contributed by atoms with Gasteiger partial charge in [0.15, 0.2) is 0 Å². The number of benzene rings is 1. The summed E-state index contributed by atoms with van der Waals surface area (Å²) in [6.07, 6.45) is -0.990. The Hall–Kier alpha value is -3.91. The average molecular weight is 590 g/mol. The fraction of sp³-hybridized carbons (Fsp3) is 0.464. The lowest BCUT2D eigenvalue weighted by Gasteiger charge is -2.40. The monoisotopic (exact) mass is 589 g/mol. The van der Waals surface area contributed by atoms with Crippen LogP contribution in [0, 0.1) is 11.7 Å². The molecule has 0 radical (unpaired) electrons. The topological polar surface area (TPSA) is 103 Å². The summed E-state index contributed by atoms with van der Waals surface area (Å²) in [7, 11) is 1.96. The second kappa shape index (κ2) is 11.8. The SMILES string of the molecule is C[C@@H]1COCCN1c1ncc(-c2cc(NC(=O)C3C=NC(=O)C=C3C(F)(F)F)c(N3CCN(C)[C@@H](C)C3)cc2F)cn1. The zero-order chi connectivity index (χ0) is 30.2. The third-order valence-corrected chi connectivity index (χ3v) is 7.79. The molecule has 2 saturated heterocycles. The van der Waals surface area contributed by atoms with E-state index in [4.69, 9.17) is 4.74 Å². The number of aliphatic imine (C=N–C) groups is 1. The van der Waals surface area contributed by atoms with Crippen LogP contribution in [0.2, 0.25) is 0 Å². The first kappa shape index (κ1) is 29.6. The van der Waals surface area contributed by atoms with E-state index in [-0.39, 0.29) is 23.3 Å². The second-order valence-corrected chi connectivity index (χ2v) is 10.7. The summed E-state index contributed by atoms with van der Waals surface area (Å²) >= 11 is 0. The van der Waals surface area contributed by atoms with Gasteiger partial charge in [0, 0.05) is 68.0 Å². The molecule has 0 spiro atoms. The number of nitrogens with zero attached hydrogens (tertiary/aromatic N) is 6. The highest BCUT2D eigenvalue weighted by molar-refractivity contribution is 6.11. The lowest BCUT2D eigenvalue weighted by Crippen LogP contribution is -2.50. The molecule has 1 aromatic heterocycles. The molecule has 10 nitrogen and oxygen atoms in total. The van der Waals surface area contributed by atoms with Crippen molar-refractivity contribution in [3.8, 4) is 11.1 Å². The van der Waals surface area contributed by atoms with E-state index in [9.17, 15) is 22.8 Å². The van der Waals surface area contributed by atoms with Gasteiger partial charge < -0.3 is 24.8 Å². The van der Waals surface area contributed by atoms with Crippen molar-refractivity contribution in [2.24, 2.45) is 10.9 Å². The normalized spacial score (nSPS) is 23.6. The molecule has 2 aromatic rings. The molecule has 3 aliphatic rings. The van der Waals surface area contributed by atoms with Gasteiger partial charge in [0.05, 0.1) is 36.2 Å². The van der Waals surface area contributed by atoms with E-state index in [1.54, 1.807) is 0 Å². The first-order valence-electron chi connectivity index (χ1n) is 13.6. The molecule has 224 valence electrons. The molecular formula is C28H31F4N7O3. The fourth-order valence-electron chi connectivity index (χ4n) is 5.21. The molecular weight excluding hydrogens is 558 g/mol. The van der Waals surface area contributed by atoms with Crippen LogP contribution in [0.15, 0.2) is 41.2 Å². The minimum Gasteiger partial charge on any atom is -0.377 e. The Kier molecular flexibility index (Phi) is 8.28. The molecule has 14 heteroatoms. The van der Waals surface area contributed by atoms with E-state index in [0.717, 1.165) is 0 Å². The highest BCUT2D eigenvalue weighted by Gasteiger charge is 2.43. The van der Waals surface area contributed by atoms with Gasteiger partial charge >= 0.3 is 6.18 Å². The predicted octanol–water partition coefficient (Wildman–Crippen LogP) is 3.30. The summed E-state index contributed by atoms with van der Waals surface area (Å²) in [4.78, 5) is 43.0. The average Bonchev–Trinajstić information content (AvgIpc) is 2.95. The van der Waals surface area contributed by atoms with E-state index in [2.05, 4.69) is 25.2 Å². The second-order valence-electron chi connectivity index (χ2n) is 10.7. The molecule has 42 heavy (non-hydrogen) atoms. The van der Waals surface area contributed by atoms with Gasteiger partial charge in [0.2, 0.25) is 11.9 Å². The van der Waals surface area contributed by atoms with Gasteiger partial charge in [0.25, 0.3) is 5.91 Å². The van der Waals surface area contributed by atoms with Crippen LogP contribution >= 0.6 is 0 Å². The number of carbonyl (C=O) groups is 2. The Morgan fingerprint density at radius 1 is 1.10 bits per heavy atom. The van der Waals surface area contributed by atoms with Crippen molar-refractivity contribution < 1.29 is 31.9 Å². The number of hydrogen-bond donors (Lipinski definition) is 1. The predicted molar refractivity (Wildman–Crippen MR) is 149 cm³/mol. The van der Waals surface area contributed by atoms with E-state index < -0.39 is 35.3 Å². The molecule has 3 atom stereocenters. The highest BCUT2D eigenvalue weighted by Crippen LogP contribution is 2.37. The Balaban J connectivity index is 1.50. The smallest absolute Gasteiger partial charge is 0.377 e. The van der Waals surface area contributed by atoms with Gasteiger partial charge in [-0.3, -0.25) is 9.59 Å². The summed E-state index contributed by atoms with van der Waals surface area (Å²) in [5.41, 5.74) is -0.488. The van der Waals surface area contributed by atoms with Crippen LogP contribution in [0.25, 0.3) is 11.1 Å². The van der Waals surface area contributed by atoms with E-state index in [0.29, 0.717) is 68.9 Å². The number of hydrogen-bond acceptors (Lipinski definition) is 8. The van der Waals surface area contributed by atoms with Crippen molar-refractivity contribution in [2.75, 3.05) is 61.6 Å². The summed E-state index contributed by atoms with van der Waals surface area (Å²) in [6.45, 7) is 7.31. The minimum absolute atomic E-state index is 0.0580. The number of carbonyl (C=O) groups excluding carboxylic acids is 2. The summed E-state index contributed by atoms with van der Waals surface area (Å²) in [5.74, 6) is -4.15. The number of rotatable bonds is 5. The fourth-order valence-corrected chi connectivity index (χ4v) is 5.21. The number of alkyl halides is 3. The van der Waals surface area contributed by atoms with Crippen LogP contribution in [-0.4, -0.2) is 97.6 Å². The summed E-state index contributed by atoms with van der Waals surface area (Å²) in [6, 6.07) is 2.80. The summed E-state index contributed by atoms with van der Waals surface area (Å²) < 4.78 is 62.2. The zero-order valence-electron chi connectivity index (χ0n) is 23.4. The number of ether oxygens (including phenoxy) is 1. The largest absolute Gasteiger partial charge is 0.414 e. The van der Waals surface area contributed by atoms with Crippen molar-refractivity contribution in [1.82, 2.24) is 14.9 Å². The maximum atomic E-state index is 15.7. The van der Waals surface area contributed by atoms with Crippen LogP contribution in [0.3, 0.4) is 0 Å². The lowest BCUT2D eigenvalue weighted by molar-refractivity contribution is -0.124. The van der Waals surface area contributed by atoms with Gasteiger partial charge in [-0.1, -0.05) is 0 Å². The number of halogens is 4. The first-order valence-corrected chi connectivity index (χ1v) is 13.6. The van der Waals surface area contributed by atoms with Crippen molar-refractivity contribution in [1.29, 1.82) is 0 Å². The number of dihydropyridines is 1. The molecule has 1 unspecified atom stereocenters. The number of morpholine rings is 1. The quantitative estimate of drug-likeness (QED) is 0.531. The molecule has 0 bridgehead atoms. The number of aromatic nitrogens is 2. The third-order valence-electron chi connectivity index (χ3n) is 7.79. The maximum absolute atomic E-state index is 15.7. The van der Waals surface area contributed by atoms with Gasteiger partial charge in [-0.15, -0.1) is 0 Å². The van der Waals surface area contributed by atoms with Crippen molar-refractivity contribution >= 4 is 35.4 Å². The molecule has 2 amide bonds. The van der Waals surface area contributed by atoms with E-state index >= 15 is 4.39 Å². The number of piperazine rings is 1. The summed E-state index contributed by atoms with van der Waals surface area (Å²) in [5, 5.41) is 2.56. The maximum Gasteiger partial charge on any atom is 0.414 e. The molecule has 4 heterocycles. The number of anilines is 3. The number of nitrogens with one attached hydrogen (secondary N) is 1. The molecule has 1 aromatic carbocycles. The van der Waals surface area contributed by atoms with Crippen LogP contribution in [0.5, 0.6) is 0 Å². The highest BCUT2D eigenvalue weighted by atomic mass is 19.4. The Morgan fingerprint density at radius 2 is 1.83 bits per heavy atom. The number of likely N-dealkylation sites (N-methyl/N-ethyl adjacent to an activating group) is 1. The van der Waals surface area contributed by atoms with Gasteiger partial charge in [-0.25, -0.2) is 19.4 Å². The van der Waals surface area contributed by atoms with Crippen LogP contribution in [0.1, 0.15) is 13.8 Å². The lowest BCUT2D eigenvalue weighted by atomic mass is 9.95. The molecule has 2 fully saturated rings. The van der Waals surface area contributed by atoms with Crippen molar-refractivity contribution in [2.45, 2.75) is 32.1 Å². The Bertz CT molecular complexity index is 1410.